The number of hydrogen-bond donors (Lipinski definition) is 1. The van der Waals surface area contributed by atoms with Crippen LogP contribution < -0.4 is 0 Å². The van der Waals surface area contributed by atoms with Gasteiger partial charge in [0.2, 0.25) is 0 Å². The van der Waals surface area contributed by atoms with Crippen molar-refractivity contribution in [1.29, 1.82) is 0 Å². The fourth-order valence-corrected chi connectivity index (χ4v) is 0. The second-order valence-corrected chi connectivity index (χ2v) is 1.27. The smallest absolute Gasteiger partial charge is 0.149 e. The van der Waals surface area contributed by atoms with Crippen molar-refractivity contribution in [3.8, 4) is 0 Å². The molecule has 2 nitrogen and oxygen atoms in total. The van der Waals surface area contributed by atoms with Gasteiger partial charge < -0.3 is 4.55 Å². The summed E-state index contributed by atoms with van der Waals surface area (Å²) in [7, 11) is 0. The molecule has 1 N–H and O–H groups in total. The average Bonchev–Trinajstić information content (AvgIpc) is 0.811. The van der Waals surface area contributed by atoms with Crippen LogP contribution in [0.1, 0.15) is 0 Å². The molecule has 0 aliphatic heterocycles. The molecular formula is CH4LiO2S. The minimum absolute atomic E-state index is 0. The first kappa shape index (κ1) is 9.20. The molecule has 0 aliphatic rings. The minimum atomic E-state index is -1.61. The summed E-state index contributed by atoms with van der Waals surface area (Å²) in [5.74, 6) is 0. The Bertz CT molecular complexity index is 32.6. The van der Waals surface area contributed by atoms with Crippen LogP contribution in [0.5, 0.6) is 0 Å². The van der Waals surface area contributed by atoms with Gasteiger partial charge in [-0.25, -0.2) is 4.21 Å². The van der Waals surface area contributed by atoms with Gasteiger partial charge in [-0.1, -0.05) is 0 Å². The summed E-state index contributed by atoms with van der Waals surface area (Å²) in [5.41, 5.74) is 0. The SMILES string of the molecule is CS(=O)O.[Li]. The maximum Gasteiger partial charge on any atom is 0.149 e. The molecule has 0 aromatic heterocycles. The Hall–Kier alpha value is 0.707. The third-order valence-corrected chi connectivity index (χ3v) is 0. The molecule has 0 fully saturated rings. The van der Waals surface area contributed by atoms with Crippen LogP contribution in [0.25, 0.3) is 0 Å². The van der Waals surface area contributed by atoms with E-state index in [1.807, 2.05) is 0 Å². The summed E-state index contributed by atoms with van der Waals surface area (Å²) in [6, 6.07) is 0. The van der Waals surface area contributed by atoms with Gasteiger partial charge in [-0.05, 0) is 0 Å². The van der Waals surface area contributed by atoms with E-state index in [1.54, 1.807) is 0 Å². The van der Waals surface area contributed by atoms with Crippen LogP contribution in [0, 0.1) is 0 Å². The molecule has 0 amide bonds. The van der Waals surface area contributed by atoms with Crippen molar-refractivity contribution < 1.29 is 8.76 Å². The topological polar surface area (TPSA) is 37.3 Å². The van der Waals surface area contributed by atoms with Gasteiger partial charge in [-0.3, -0.25) is 0 Å². The molecule has 0 saturated carbocycles. The molecule has 0 heterocycles. The second-order valence-electron chi connectivity index (χ2n) is 0.424. The standard InChI is InChI=1S/CH4O2S.Li/c1-4(2)3;/h1H3,(H,2,3);. The minimum Gasteiger partial charge on any atom is -0.306 e. The van der Waals surface area contributed by atoms with Crippen LogP contribution in [0.3, 0.4) is 0 Å². The van der Waals surface area contributed by atoms with Crippen LogP contribution in [0.15, 0.2) is 0 Å². The molecule has 1 radical (unpaired) electrons. The molecular weight excluding hydrogens is 83.0 g/mol. The molecule has 0 rings (SSSR count). The van der Waals surface area contributed by atoms with Crippen molar-refractivity contribution in [2.75, 3.05) is 6.26 Å². The maximum atomic E-state index is 9.11. The summed E-state index contributed by atoms with van der Waals surface area (Å²) in [4.78, 5) is 0. The fraction of sp³-hybridized carbons (Fsp3) is 1.00. The molecule has 0 bridgehead atoms. The molecule has 0 spiro atoms. The first-order valence-corrected chi connectivity index (χ1v) is 2.27. The first-order valence-electron chi connectivity index (χ1n) is 0.757. The summed E-state index contributed by atoms with van der Waals surface area (Å²) in [6.07, 6.45) is 1.19. The van der Waals surface area contributed by atoms with Crippen molar-refractivity contribution in [1.82, 2.24) is 0 Å². The average molecular weight is 87.0 g/mol. The summed E-state index contributed by atoms with van der Waals surface area (Å²) >= 11 is -1.61. The Kier molecular flexibility index (Phi) is 8.66. The number of hydrogen-bond acceptors (Lipinski definition) is 1. The van der Waals surface area contributed by atoms with Crippen LogP contribution in [0.2, 0.25) is 0 Å². The molecule has 5 heavy (non-hydrogen) atoms. The van der Waals surface area contributed by atoms with Gasteiger partial charge in [-0.2, -0.15) is 0 Å². The summed E-state index contributed by atoms with van der Waals surface area (Å²) < 4.78 is 16.6. The zero-order chi connectivity index (χ0) is 3.58. The molecule has 27 valence electrons. The number of rotatable bonds is 0. The fourth-order valence-electron chi connectivity index (χ4n) is 0. The van der Waals surface area contributed by atoms with Crippen LogP contribution in [0.4, 0.5) is 0 Å². The Labute approximate surface area is 45.4 Å². The molecule has 1 unspecified atom stereocenters. The molecule has 4 heteroatoms. The van der Waals surface area contributed by atoms with E-state index in [9.17, 15) is 0 Å². The molecule has 0 aliphatic carbocycles. The molecule has 1 atom stereocenters. The van der Waals surface area contributed by atoms with E-state index in [0.717, 1.165) is 0 Å². The maximum absolute atomic E-state index is 9.11. The summed E-state index contributed by atoms with van der Waals surface area (Å²) in [5, 5.41) is 0. The van der Waals surface area contributed by atoms with E-state index in [1.165, 1.54) is 6.26 Å². The van der Waals surface area contributed by atoms with Gasteiger partial charge in [0.15, 0.2) is 0 Å². The van der Waals surface area contributed by atoms with Crippen LogP contribution in [-0.4, -0.2) is 33.9 Å². The van der Waals surface area contributed by atoms with E-state index in [4.69, 9.17) is 8.76 Å². The molecule has 0 aromatic carbocycles. The molecule has 0 aromatic rings. The Morgan fingerprint density at radius 3 is 1.80 bits per heavy atom. The van der Waals surface area contributed by atoms with E-state index in [2.05, 4.69) is 0 Å². The largest absolute Gasteiger partial charge is 0.306 e. The van der Waals surface area contributed by atoms with E-state index < -0.39 is 11.1 Å². The van der Waals surface area contributed by atoms with Crippen molar-refractivity contribution >= 4 is 29.9 Å². The quantitative estimate of drug-likeness (QED) is 0.318. The summed E-state index contributed by atoms with van der Waals surface area (Å²) in [6.45, 7) is 0. The van der Waals surface area contributed by atoms with Gasteiger partial charge in [0.1, 0.15) is 11.1 Å². The second kappa shape index (κ2) is 4.71. The Morgan fingerprint density at radius 1 is 1.80 bits per heavy atom. The normalized spacial score (nSPS) is 12.4. The predicted octanol–water partition coefficient (Wildman–Crippen LogP) is -0.543. The zero-order valence-corrected chi connectivity index (χ0v) is 4.08. The Morgan fingerprint density at radius 2 is 1.80 bits per heavy atom. The van der Waals surface area contributed by atoms with Crippen molar-refractivity contribution in [2.45, 2.75) is 0 Å². The van der Waals surface area contributed by atoms with Crippen molar-refractivity contribution in [3.63, 3.8) is 0 Å². The van der Waals surface area contributed by atoms with Crippen LogP contribution >= 0.6 is 0 Å². The van der Waals surface area contributed by atoms with Crippen LogP contribution in [-0.2, 0) is 11.1 Å². The van der Waals surface area contributed by atoms with Gasteiger partial charge in [0.25, 0.3) is 0 Å². The van der Waals surface area contributed by atoms with E-state index >= 15 is 0 Å². The van der Waals surface area contributed by atoms with E-state index in [-0.39, 0.29) is 18.9 Å². The monoisotopic (exact) mass is 87.0 g/mol. The van der Waals surface area contributed by atoms with Crippen molar-refractivity contribution in [3.05, 3.63) is 0 Å². The third kappa shape index (κ3) is 69.0. The van der Waals surface area contributed by atoms with E-state index in [0.29, 0.717) is 0 Å². The third-order valence-electron chi connectivity index (χ3n) is 0. The van der Waals surface area contributed by atoms with Gasteiger partial charge >= 0.3 is 0 Å². The van der Waals surface area contributed by atoms with Gasteiger partial charge in [0, 0.05) is 25.1 Å². The van der Waals surface area contributed by atoms with Gasteiger partial charge in [-0.15, -0.1) is 0 Å². The Balaban J connectivity index is 0. The zero-order valence-electron chi connectivity index (χ0n) is 3.26. The molecule has 0 saturated heterocycles. The van der Waals surface area contributed by atoms with Gasteiger partial charge in [0.05, 0.1) is 0 Å². The predicted molar refractivity (Wildman–Crippen MR) is 22.4 cm³/mol. The first-order chi connectivity index (χ1) is 1.73. The van der Waals surface area contributed by atoms with Crippen molar-refractivity contribution in [2.24, 2.45) is 0 Å².